The van der Waals surface area contributed by atoms with Crippen molar-refractivity contribution in [1.82, 2.24) is 0 Å². The van der Waals surface area contributed by atoms with Crippen molar-refractivity contribution in [3.05, 3.63) is 89.0 Å². The minimum Gasteiger partial charge on any atom is -0.363 e. The number of rotatable bonds is 3. The van der Waals surface area contributed by atoms with Gasteiger partial charge in [0.1, 0.15) is 0 Å². The Hall–Kier alpha value is -2.94. The molecule has 0 N–H and O–H groups in total. The van der Waals surface area contributed by atoms with Gasteiger partial charge in [-0.25, -0.2) is 0 Å². The molecule has 0 saturated heterocycles. The van der Waals surface area contributed by atoms with Crippen LogP contribution in [-0.2, 0) is 13.1 Å². The van der Waals surface area contributed by atoms with Crippen LogP contribution in [-0.4, -0.2) is 0 Å². The maximum atomic E-state index is 4.49. The lowest BCUT2D eigenvalue weighted by Gasteiger charge is -2.20. The quantitative estimate of drug-likeness (QED) is 0.523. The molecular formula is C22H21N3. The predicted octanol–water partition coefficient (Wildman–Crippen LogP) is 6.24. The van der Waals surface area contributed by atoms with E-state index in [1.165, 1.54) is 16.8 Å². The van der Waals surface area contributed by atoms with Crippen LogP contribution in [0.4, 0.5) is 17.1 Å². The molecule has 124 valence electrons. The monoisotopic (exact) mass is 327 g/mol. The van der Waals surface area contributed by atoms with E-state index in [0.29, 0.717) is 0 Å². The summed E-state index contributed by atoms with van der Waals surface area (Å²) in [5.74, 6) is 0. The van der Waals surface area contributed by atoms with E-state index < -0.39 is 0 Å². The molecule has 0 spiro atoms. The largest absolute Gasteiger partial charge is 0.363 e. The first-order valence-electron chi connectivity index (χ1n) is 8.60. The molecular weight excluding hydrogens is 306 g/mol. The molecule has 0 amide bonds. The zero-order chi connectivity index (χ0) is 17.2. The highest BCUT2D eigenvalue weighted by Gasteiger charge is 2.19. The highest BCUT2D eigenvalue weighted by Crippen LogP contribution is 2.34. The van der Waals surface area contributed by atoms with Crippen molar-refractivity contribution in [1.29, 1.82) is 0 Å². The van der Waals surface area contributed by atoms with Crippen molar-refractivity contribution in [2.75, 3.05) is 4.90 Å². The van der Waals surface area contributed by atoms with Gasteiger partial charge in [0.15, 0.2) is 0 Å². The van der Waals surface area contributed by atoms with Crippen molar-refractivity contribution in [3.8, 4) is 0 Å². The number of azo groups is 1. The third-order valence-electron chi connectivity index (χ3n) is 4.70. The van der Waals surface area contributed by atoms with E-state index in [0.717, 1.165) is 35.6 Å². The minimum absolute atomic E-state index is 0.875. The Morgan fingerprint density at radius 3 is 1.88 bits per heavy atom. The molecule has 0 bridgehead atoms. The average Bonchev–Trinajstić information content (AvgIpc) is 3.06. The first-order chi connectivity index (χ1) is 12.2. The second-order valence-electron chi connectivity index (χ2n) is 6.59. The zero-order valence-electron chi connectivity index (χ0n) is 14.6. The summed E-state index contributed by atoms with van der Waals surface area (Å²) >= 11 is 0. The highest BCUT2D eigenvalue weighted by molar-refractivity contribution is 5.63. The molecule has 0 radical (unpaired) electrons. The second kappa shape index (κ2) is 6.52. The third kappa shape index (κ3) is 3.18. The van der Waals surface area contributed by atoms with Crippen LogP contribution >= 0.6 is 0 Å². The smallest absolute Gasteiger partial charge is 0.0916 e. The van der Waals surface area contributed by atoms with E-state index in [1.54, 1.807) is 0 Å². The summed E-state index contributed by atoms with van der Waals surface area (Å²) in [6.45, 7) is 6.16. The summed E-state index contributed by atoms with van der Waals surface area (Å²) in [6.07, 6.45) is 0. The van der Waals surface area contributed by atoms with Gasteiger partial charge < -0.3 is 4.90 Å². The van der Waals surface area contributed by atoms with Crippen LogP contribution in [0.2, 0.25) is 0 Å². The molecule has 0 fully saturated rings. The van der Waals surface area contributed by atoms with Gasteiger partial charge in [0, 0.05) is 18.8 Å². The summed E-state index contributed by atoms with van der Waals surface area (Å²) in [4.78, 5) is 2.42. The van der Waals surface area contributed by atoms with Gasteiger partial charge in [-0.15, -0.1) is 0 Å². The van der Waals surface area contributed by atoms with Crippen LogP contribution in [0, 0.1) is 13.8 Å². The number of hydrogen-bond donors (Lipinski definition) is 0. The summed E-state index contributed by atoms with van der Waals surface area (Å²) in [5, 5.41) is 8.86. The fraction of sp³-hybridized carbons (Fsp3) is 0.182. The highest BCUT2D eigenvalue weighted by atomic mass is 15.1. The lowest BCUT2D eigenvalue weighted by Crippen LogP contribution is -2.14. The SMILES string of the molecule is Cc1cc(N2Cc3ccccc3C2)cc(C)c1N=Nc1ccccc1. The van der Waals surface area contributed by atoms with Crippen LogP contribution in [0.5, 0.6) is 0 Å². The Bertz CT molecular complexity index is 881. The zero-order valence-corrected chi connectivity index (χ0v) is 14.6. The molecule has 1 aliphatic rings. The van der Waals surface area contributed by atoms with Gasteiger partial charge in [-0.1, -0.05) is 42.5 Å². The summed E-state index contributed by atoms with van der Waals surface area (Å²) in [5.41, 5.74) is 8.25. The minimum atomic E-state index is 0.875. The molecule has 25 heavy (non-hydrogen) atoms. The fourth-order valence-electron chi connectivity index (χ4n) is 3.39. The van der Waals surface area contributed by atoms with Crippen LogP contribution in [0.1, 0.15) is 22.3 Å². The molecule has 1 heterocycles. The Balaban J connectivity index is 1.60. The van der Waals surface area contributed by atoms with Gasteiger partial charge in [0.2, 0.25) is 0 Å². The van der Waals surface area contributed by atoms with Crippen molar-refractivity contribution >= 4 is 17.1 Å². The first-order valence-corrected chi connectivity index (χ1v) is 8.60. The lowest BCUT2D eigenvalue weighted by atomic mass is 10.1. The Labute approximate surface area is 148 Å². The number of anilines is 1. The Morgan fingerprint density at radius 1 is 0.720 bits per heavy atom. The molecule has 0 atom stereocenters. The molecule has 1 aliphatic heterocycles. The Morgan fingerprint density at radius 2 is 1.28 bits per heavy atom. The Kier molecular flexibility index (Phi) is 4.06. The summed E-state index contributed by atoms with van der Waals surface area (Å²) in [7, 11) is 0. The topological polar surface area (TPSA) is 28.0 Å². The van der Waals surface area contributed by atoms with Gasteiger partial charge in [-0.2, -0.15) is 10.2 Å². The molecule has 3 aromatic rings. The molecule has 3 heteroatoms. The normalized spacial score (nSPS) is 13.4. The van der Waals surface area contributed by atoms with Crippen molar-refractivity contribution in [2.45, 2.75) is 26.9 Å². The van der Waals surface area contributed by atoms with Crippen LogP contribution < -0.4 is 4.90 Å². The second-order valence-corrected chi connectivity index (χ2v) is 6.59. The van der Waals surface area contributed by atoms with Crippen LogP contribution in [0.25, 0.3) is 0 Å². The number of nitrogens with zero attached hydrogens (tertiary/aromatic N) is 3. The molecule has 0 aliphatic carbocycles. The third-order valence-corrected chi connectivity index (χ3v) is 4.70. The molecule has 4 rings (SSSR count). The average molecular weight is 327 g/mol. The number of fused-ring (bicyclic) bond motifs is 1. The van der Waals surface area contributed by atoms with Crippen molar-refractivity contribution in [2.24, 2.45) is 10.2 Å². The van der Waals surface area contributed by atoms with E-state index in [9.17, 15) is 0 Å². The first kappa shape index (κ1) is 15.6. The fourth-order valence-corrected chi connectivity index (χ4v) is 3.39. The number of aryl methyl sites for hydroxylation is 2. The summed E-state index contributed by atoms with van der Waals surface area (Å²) < 4.78 is 0. The van der Waals surface area contributed by atoms with Gasteiger partial charge in [0.25, 0.3) is 0 Å². The van der Waals surface area contributed by atoms with E-state index in [1.807, 2.05) is 30.3 Å². The number of hydrogen-bond acceptors (Lipinski definition) is 3. The standard InChI is InChI=1S/C22H21N3/c1-16-12-21(25-14-18-8-6-7-9-19(18)15-25)13-17(2)22(16)24-23-20-10-4-3-5-11-20/h3-13H,14-15H2,1-2H3. The molecule has 3 aromatic carbocycles. The van der Waals surface area contributed by atoms with E-state index in [4.69, 9.17) is 0 Å². The molecule has 0 aromatic heterocycles. The maximum absolute atomic E-state index is 4.49. The molecule has 3 nitrogen and oxygen atoms in total. The van der Waals surface area contributed by atoms with Crippen molar-refractivity contribution < 1.29 is 0 Å². The van der Waals surface area contributed by atoms with Gasteiger partial charge in [0.05, 0.1) is 11.4 Å². The van der Waals surface area contributed by atoms with Gasteiger partial charge in [-0.05, 0) is 60.4 Å². The van der Waals surface area contributed by atoms with E-state index in [-0.39, 0.29) is 0 Å². The number of benzene rings is 3. The lowest BCUT2D eigenvalue weighted by molar-refractivity contribution is 0.878. The van der Waals surface area contributed by atoms with Gasteiger partial charge >= 0.3 is 0 Å². The van der Waals surface area contributed by atoms with Crippen molar-refractivity contribution in [3.63, 3.8) is 0 Å². The van der Waals surface area contributed by atoms with E-state index in [2.05, 4.69) is 65.4 Å². The maximum Gasteiger partial charge on any atom is 0.0916 e. The van der Waals surface area contributed by atoms with Crippen LogP contribution in [0.15, 0.2) is 77.0 Å². The molecule has 0 saturated carbocycles. The van der Waals surface area contributed by atoms with Crippen LogP contribution in [0.3, 0.4) is 0 Å². The summed E-state index contributed by atoms with van der Waals surface area (Å²) in [6, 6.07) is 23.0. The van der Waals surface area contributed by atoms with Gasteiger partial charge in [-0.3, -0.25) is 0 Å². The molecule has 0 unspecified atom stereocenters. The predicted molar refractivity (Wildman–Crippen MR) is 103 cm³/mol. The van der Waals surface area contributed by atoms with E-state index >= 15 is 0 Å².